The third-order valence-electron chi connectivity index (χ3n) is 8.58. The zero-order valence-corrected chi connectivity index (χ0v) is 23.8. The lowest BCUT2D eigenvalue weighted by Crippen LogP contribution is -2.12. The lowest BCUT2D eigenvalue weighted by atomic mass is 10.0. The van der Waals surface area contributed by atoms with Crippen molar-refractivity contribution >= 4 is 61.9 Å². The number of rotatable bonds is 3. The van der Waals surface area contributed by atoms with Gasteiger partial charge in [0, 0.05) is 33.6 Å². The summed E-state index contributed by atoms with van der Waals surface area (Å²) in [4.78, 5) is 12.2. The van der Waals surface area contributed by atoms with Crippen molar-refractivity contribution in [1.29, 1.82) is 0 Å². The van der Waals surface area contributed by atoms with Crippen LogP contribution < -0.4 is 4.90 Å². The Labute approximate surface area is 254 Å². The number of hydrogen-bond donors (Lipinski definition) is 0. The number of benzene rings is 5. The third kappa shape index (κ3) is 3.85. The molecule has 206 valence electrons. The van der Waals surface area contributed by atoms with E-state index in [1.807, 2.05) is 24.4 Å². The summed E-state index contributed by atoms with van der Waals surface area (Å²) in [5, 5.41) is 3.55. The molecule has 1 aliphatic rings. The van der Waals surface area contributed by atoms with Gasteiger partial charge in [0.25, 0.3) is 0 Å². The first kappa shape index (κ1) is 24.6. The number of para-hydroxylation sites is 3. The van der Waals surface area contributed by atoms with Crippen LogP contribution in [-0.2, 0) is 0 Å². The molecule has 0 bridgehead atoms. The van der Waals surface area contributed by atoms with E-state index in [9.17, 15) is 0 Å². The van der Waals surface area contributed by atoms with Crippen LogP contribution in [-0.4, -0.2) is 14.5 Å². The van der Waals surface area contributed by atoms with E-state index in [0.29, 0.717) is 0 Å². The zero-order chi connectivity index (χ0) is 29.0. The number of aromatic nitrogens is 3. The number of pyridine rings is 2. The van der Waals surface area contributed by atoms with Gasteiger partial charge in [-0.2, -0.15) is 0 Å². The predicted molar refractivity (Wildman–Crippen MR) is 183 cm³/mol. The minimum atomic E-state index is 0.902. The van der Waals surface area contributed by atoms with Gasteiger partial charge in [-0.05, 0) is 65.7 Å². The summed E-state index contributed by atoms with van der Waals surface area (Å²) in [7, 11) is 0. The fourth-order valence-electron chi connectivity index (χ4n) is 6.51. The van der Waals surface area contributed by atoms with Gasteiger partial charge in [-0.25, -0.2) is 9.97 Å². The molecule has 8 aromatic rings. The summed E-state index contributed by atoms with van der Waals surface area (Å²) >= 11 is 0. The van der Waals surface area contributed by atoms with Crippen LogP contribution in [0.3, 0.4) is 0 Å². The largest absolute Gasteiger partial charge is 0.309 e. The van der Waals surface area contributed by atoms with Crippen LogP contribution in [0.4, 0.5) is 17.1 Å². The van der Waals surface area contributed by atoms with Crippen LogP contribution in [0.1, 0.15) is 11.1 Å². The lowest BCUT2D eigenvalue weighted by molar-refractivity contribution is 1.08. The molecule has 0 radical (unpaired) electrons. The summed E-state index contributed by atoms with van der Waals surface area (Å²) < 4.78 is 2.27. The van der Waals surface area contributed by atoms with E-state index in [4.69, 9.17) is 9.97 Å². The summed E-state index contributed by atoms with van der Waals surface area (Å²) in [6.45, 7) is 0. The van der Waals surface area contributed by atoms with Crippen LogP contribution in [0.15, 0.2) is 146 Å². The van der Waals surface area contributed by atoms with E-state index in [2.05, 4.69) is 143 Å². The van der Waals surface area contributed by atoms with Crippen LogP contribution in [0.25, 0.3) is 61.9 Å². The molecule has 0 saturated heterocycles. The Bertz CT molecular complexity index is 2400. The molecule has 0 amide bonds. The lowest BCUT2D eigenvalue weighted by Gasteiger charge is -2.28. The van der Waals surface area contributed by atoms with Crippen molar-refractivity contribution in [2.75, 3.05) is 4.90 Å². The summed E-state index contributed by atoms with van der Waals surface area (Å²) in [5.41, 5.74) is 10.9. The summed E-state index contributed by atoms with van der Waals surface area (Å²) in [5.74, 6) is 0.902. The smallest absolute Gasteiger partial charge is 0.137 e. The fraction of sp³-hybridized carbons (Fsp3) is 0. The number of nitrogens with zero attached hydrogens (tertiary/aromatic N) is 4. The topological polar surface area (TPSA) is 34.0 Å². The van der Waals surface area contributed by atoms with Gasteiger partial charge in [0.1, 0.15) is 5.82 Å². The van der Waals surface area contributed by atoms with Crippen LogP contribution in [0.2, 0.25) is 0 Å². The maximum absolute atomic E-state index is 5.02. The van der Waals surface area contributed by atoms with E-state index in [-0.39, 0.29) is 0 Å². The molecule has 4 heterocycles. The van der Waals surface area contributed by atoms with Gasteiger partial charge in [0.2, 0.25) is 0 Å². The highest BCUT2D eigenvalue weighted by molar-refractivity contribution is 6.10. The molecule has 4 heteroatoms. The summed E-state index contributed by atoms with van der Waals surface area (Å²) in [6.07, 6.45) is 6.29. The third-order valence-corrected chi connectivity index (χ3v) is 8.58. The van der Waals surface area contributed by atoms with Crippen molar-refractivity contribution in [2.45, 2.75) is 0 Å². The van der Waals surface area contributed by atoms with Gasteiger partial charge < -0.3 is 4.90 Å². The number of fused-ring (bicyclic) bond motifs is 6. The highest BCUT2D eigenvalue weighted by Gasteiger charge is 2.22. The van der Waals surface area contributed by atoms with Gasteiger partial charge in [-0.3, -0.25) is 4.57 Å². The molecule has 0 N–H and O–H groups in total. The van der Waals surface area contributed by atoms with E-state index < -0.39 is 0 Å². The van der Waals surface area contributed by atoms with Crippen molar-refractivity contribution in [3.05, 3.63) is 157 Å². The molecule has 0 fully saturated rings. The predicted octanol–water partition coefficient (Wildman–Crippen LogP) is 10.3. The molecule has 44 heavy (non-hydrogen) atoms. The van der Waals surface area contributed by atoms with E-state index in [0.717, 1.165) is 61.6 Å². The number of anilines is 3. The number of hydrogen-bond acceptors (Lipinski definition) is 3. The van der Waals surface area contributed by atoms with Crippen LogP contribution >= 0.6 is 0 Å². The zero-order valence-electron chi connectivity index (χ0n) is 23.8. The second-order valence-electron chi connectivity index (χ2n) is 11.1. The van der Waals surface area contributed by atoms with E-state index in [1.165, 1.54) is 16.3 Å². The Kier molecular flexibility index (Phi) is 5.47. The van der Waals surface area contributed by atoms with Gasteiger partial charge in [0.05, 0.1) is 33.6 Å². The molecule has 4 nitrogen and oxygen atoms in total. The van der Waals surface area contributed by atoms with Crippen molar-refractivity contribution in [1.82, 2.24) is 14.5 Å². The molecule has 9 rings (SSSR count). The Hall–Kier alpha value is -6.00. The normalized spacial score (nSPS) is 12.4. The van der Waals surface area contributed by atoms with Crippen molar-refractivity contribution in [2.24, 2.45) is 0 Å². The van der Waals surface area contributed by atoms with Crippen molar-refractivity contribution < 1.29 is 0 Å². The fourth-order valence-corrected chi connectivity index (χ4v) is 6.51. The van der Waals surface area contributed by atoms with Gasteiger partial charge >= 0.3 is 0 Å². The monoisotopic (exact) mass is 562 g/mol. The highest BCUT2D eigenvalue weighted by atomic mass is 15.2. The second-order valence-corrected chi connectivity index (χ2v) is 11.1. The first-order valence-corrected chi connectivity index (χ1v) is 14.8. The maximum atomic E-state index is 5.02. The van der Waals surface area contributed by atoms with Crippen LogP contribution in [0.5, 0.6) is 0 Å². The minimum Gasteiger partial charge on any atom is -0.309 e. The Morgan fingerprint density at radius 2 is 1.32 bits per heavy atom. The van der Waals surface area contributed by atoms with Gasteiger partial charge in [-0.1, -0.05) is 97.1 Å². The van der Waals surface area contributed by atoms with Crippen molar-refractivity contribution in [3.8, 4) is 17.1 Å². The molecule has 0 unspecified atom stereocenters. The van der Waals surface area contributed by atoms with Gasteiger partial charge in [-0.15, -0.1) is 0 Å². The SMILES string of the molecule is C1=Cc2ccc(-c3ccc4ccccc4n3)cc2N(c2ccc3c4ccccc4n(-c4ccccn4)c3c2)c2ccccc21. The molecule has 1 aliphatic heterocycles. The minimum absolute atomic E-state index is 0.902. The molecule has 3 aromatic heterocycles. The van der Waals surface area contributed by atoms with E-state index >= 15 is 0 Å². The van der Waals surface area contributed by atoms with Gasteiger partial charge in [0.15, 0.2) is 0 Å². The first-order chi connectivity index (χ1) is 21.8. The highest BCUT2D eigenvalue weighted by Crippen LogP contribution is 2.45. The molecule has 0 spiro atoms. The molecule has 0 atom stereocenters. The molecular weight excluding hydrogens is 536 g/mol. The first-order valence-electron chi connectivity index (χ1n) is 14.8. The van der Waals surface area contributed by atoms with Crippen molar-refractivity contribution in [3.63, 3.8) is 0 Å². The standard InChI is InChI=1S/C40H26N4/c1-4-12-34-27(9-1)20-23-35(42-34)30-19-18-29-17-16-28-10-2-5-13-36(28)43(38(29)25-30)31-21-22-33-32-11-3-6-14-37(32)44(39(33)26-31)40-15-7-8-24-41-40/h1-26H. The average Bonchev–Trinajstić information content (AvgIpc) is 3.32. The molecular formula is C40H26N4. The summed E-state index contributed by atoms with van der Waals surface area (Å²) in [6, 6.07) is 49.2. The molecule has 0 saturated carbocycles. The Balaban J connectivity index is 1.29. The Morgan fingerprint density at radius 3 is 2.25 bits per heavy atom. The van der Waals surface area contributed by atoms with Crippen LogP contribution in [0, 0.1) is 0 Å². The average molecular weight is 563 g/mol. The second kappa shape index (κ2) is 9.79. The quantitative estimate of drug-likeness (QED) is 0.215. The Morgan fingerprint density at radius 1 is 0.523 bits per heavy atom. The maximum Gasteiger partial charge on any atom is 0.137 e. The molecule has 5 aromatic carbocycles. The van der Waals surface area contributed by atoms with E-state index in [1.54, 1.807) is 0 Å². The molecule has 0 aliphatic carbocycles.